The van der Waals surface area contributed by atoms with Crippen molar-refractivity contribution in [1.82, 2.24) is 0 Å². The Morgan fingerprint density at radius 3 is 2.41 bits per heavy atom. The lowest BCUT2D eigenvalue weighted by atomic mass is 10.1. The average Bonchev–Trinajstić information content (AvgIpc) is 2.27. The first kappa shape index (κ1) is 16.4. The zero-order chi connectivity index (χ0) is 12.9. The highest BCUT2D eigenvalue weighted by Crippen LogP contribution is 2.01. The molecule has 4 nitrogen and oxygen atoms in total. The molecule has 0 atom stereocenters. The maximum atomic E-state index is 11.3. The molecule has 0 aliphatic rings. The lowest BCUT2D eigenvalue weighted by Crippen LogP contribution is -2.10. The number of ether oxygens (including phenoxy) is 3. The normalized spacial score (nSPS) is 10.8. The van der Waals surface area contributed by atoms with Crippen molar-refractivity contribution >= 4 is 5.97 Å². The monoisotopic (exact) mass is 246 g/mol. The number of hydrogen-bond donors (Lipinski definition) is 0. The van der Waals surface area contributed by atoms with Crippen molar-refractivity contribution in [2.24, 2.45) is 5.92 Å². The van der Waals surface area contributed by atoms with Gasteiger partial charge in [-0.25, -0.2) is 0 Å². The van der Waals surface area contributed by atoms with Crippen LogP contribution in [-0.2, 0) is 19.0 Å². The minimum atomic E-state index is -0.126. The van der Waals surface area contributed by atoms with Crippen molar-refractivity contribution in [3.05, 3.63) is 0 Å². The van der Waals surface area contributed by atoms with Crippen molar-refractivity contribution < 1.29 is 19.0 Å². The van der Waals surface area contributed by atoms with E-state index >= 15 is 0 Å². The van der Waals surface area contributed by atoms with Crippen LogP contribution in [0.4, 0.5) is 0 Å². The van der Waals surface area contributed by atoms with Gasteiger partial charge in [-0.05, 0) is 25.7 Å². The topological polar surface area (TPSA) is 44.8 Å². The Kier molecular flexibility index (Phi) is 11.4. The Labute approximate surface area is 105 Å². The molecule has 0 amide bonds. The Morgan fingerprint density at radius 1 is 1.06 bits per heavy atom. The van der Waals surface area contributed by atoms with E-state index in [4.69, 9.17) is 14.2 Å². The summed E-state index contributed by atoms with van der Waals surface area (Å²) >= 11 is 0. The van der Waals surface area contributed by atoms with Gasteiger partial charge in [0.15, 0.2) is 0 Å². The molecule has 0 aliphatic carbocycles. The summed E-state index contributed by atoms with van der Waals surface area (Å²) in [5, 5.41) is 0. The summed E-state index contributed by atoms with van der Waals surface area (Å²) in [4.78, 5) is 11.3. The van der Waals surface area contributed by atoms with Crippen molar-refractivity contribution in [3.63, 3.8) is 0 Å². The Balaban J connectivity index is 3.16. The van der Waals surface area contributed by atoms with Gasteiger partial charge in [0.1, 0.15) is 0 Å². The first-order valence-electron chi connectivity index (χ1n) is 6.48. The van der Waals surface area contributed by atoms with Gasteiger partial charge in [-0.3, -0.25) is 4.79 Å². The summed E-state index contributed by atoms with van der Waals surface area (Å²) in [6.45, 7) is 9.22. The van der Waals surface area contributed by atoms with Crippen LogP contribution in [0.1, 0.15) is 40.0 Å². The molecule has 0 aromatic heterocycles. The number of carbonyl (C=O) groups excluding carboxylic acids is 1. The molecule has 0 saturated carbocycles. The lowest BCUT2D eigenvalue weighted by molar-refractivity contribution is -0.144. The van der Waals surface area contributed by atoms with Gasteiger partial charge in [-0.1, -0.05) is 13.8 Å². The fraction of sp³-hybridized carbons (Fsp3) is 0.923. The van der Waals surface area contributed by atoms with Crippen LogP contribution >= 0.6 is 0 Å². The third-order valence-corrected chi connectivity index (χ3v) is 2.20. The SMILES string of the molecule is CCOCCOCCCC(=O)OCCC(C)C. The molecule has 17 heavy (non-hydrogen) atoms. The van der Waals surface area contributed by atoms with E-state index in [1.807, 2.05) is 6.92 Å². The number of rotatable bonds is 11. The maximum absolute atomic E-state index is 11.3. The molecule has 0 aliphatic heterocycles. The molecule has 0 unspecified atom stereocenters. The van der Waals surface area contributed by atoms with Gasteiger partial charge in [-0.2, -0.15) is 0 Å². The van der Waals surface area contributed by atoms with Gasteiger partial charge >= 0.3 is 5.97 Å². The van der Waals surface area contributed by atoms with Gasteiger partial charge in [0, 0.05) is 19.6 Å². The lowest BCUT2D eigenvalue weighted by Gasteiger charge is -2.07. The molecule has 0 heterocycles. The molecule has 102 valence electrons. The maximum Gasteiger partial charge on any atom is 0.305 e. The molecule has 0 fully saturated rings. The smallest absolute Gasteiger partial charge is 0.305 e. The summed E-state index contributed by atoms with van der Waals surface area (Å²) in [6, 6.07) is 0. The predicted molar refractivity (Wildman–Crippen MR) is 67.0 cm³/mol. The quantitative estimate of drug-likeness (QED) is 0.415. The second-order valence-corrected chi connectivity index (χ2v) is 4.32. The van der Waals surface area contributed by atoms with Crippen LogP contribution in [0.25, 0.3) is 0 Å². The Hall–Kier alpha value is -0.610. The van der Waals surface area contributed by atoms with E-state index in [0.29, 0.717) is 51.8 Å². The zero-order valence-electron chi connectivity index (χ0n) is 11.4. The van der Waals surface area contributed by atoms with E-state index in [9.17, 15) is 4.79 Å². The number of esters is 1. The largest absolute Gasteiger partial charge is 0.466 e. The molecule has 0 N–H and O–H groups in total. The van der Waals surface area contributed by atoms with Crippen LogP contribution in [0.15, 0.2) is 0 Å². The van der Waals surface area contributed by atoms with Gasteiger partial charge in [0.25, 0.3) is 0 Å². The zero-order valence-corrected chi connectivity index (χ0v) is 11.4. The third kappa shape index (κ3) is 13.3. The fourth-order valence-electron chi connectivity index (χ4n) is 1.16. The highest BCUT2D eigenvalue weighted by Gasteiger charge is 2.03. The number of hydrogen-bond acceptors (Lipinski definition) is 4. The summed E-state index contributed by atoms with van der Waals surface area (Å²) in [7, 11) is 0. The second-order valence-electron chi connectivity index (χ2n) is 4.32. The minimum absolute atomic E-state index is 0.126. The van der Waals surface area contributed by atoms with Gasteiger partial charge < -0.3 is 14.2 Å². The molecule has 0 saturated heterocycles. The van der Waals surface area contributed by atoms with Crippen LogP contribution in [-0.4, -0.2) is 39.0 Å². The van der Waals surface area contributed by atoms with Crippen molar-refractivity contribution in [1.29, 1.82) is 0 Å². The van der Waals surface area contributed by atoms with Gasteiger partial charge in [0.05, 0.1) is 19.8 Å². The Morgan fingerprint density at radius 2 is 1.76 bits per heavy atom. The van der Waals surface area contributed by atoms with E-state index in [-0.39, 0.29) is 5.97 Å². The van der Waals surface area contributed by atoms with Crippen LogP contribution in [0.2, 0.25) is 0 Å². The summed E-state index contributed by atoms with van der Waals surface area (Å²) < 4.78 is 15.5. The third-order valence-electron chi connectivity index (χ3n) is 2.20. The highest BCUT2D eigenvalue weighted by molar-refractivity contribution is 5.69. The molecule has 0 radical (unpaired) electrons. The van der Waals surface area contributed by atoms with E-state index in [2.05, 4.69) is 13.8 Å². The van der Waals surface area contributed by atoms with E-state index in [1.165, 1.54) is 0 Å². The van der Waals surface area contributed by atoms with Crippen LogP contribution < -0.4 is 0 Å². The summed E-state index contributed by atoms with van der Waals surface area (Å²) in [5.41, 5.74) is 0. The molecule has 0 rings (SSSR count). The molecular weight excluding hydrogens is 220 g/mol. The molecule has 4 heteroatoms. The van der Waals surface area contributed by atoms with E-state index in [1.54, 1.807) is 0 Å². The standard InChI is InChI=1S/C13H26O4/c1-4-15-10-11-16-8-5-6-13(14)17-9-7-12(2)3/h12H,4-11H2,1-3H3. The summed E-state index contributed by atoms with van der Waals surface area (Å²) in [6.07, 6.45) is 2.08. The molecule has 0 aromatic rings. The molecular formula is C13H26O4. The van der Waals surface area contributed by atoms with Crippen LogP contribution in [0.3, 0.4) is 0 Å². The molecule has 0 bridgehead atoms. The van der Waals surface area contributed by atoms with E-state index < -0.39 is 0 Å². The molecule has 0 aromatic carbocycles. The summed E-state index contributed by atoms with van der Waals surface area (Å²) in [5.74, 6) is 0.448. The first-order chi connectivity index (χ1) is 8.16. The van der Waals surface area contributed by atoms with Crippen molar-refractivity contribution in [3.8, 4) is 0 Å². The highest BCUT2D eigenvalue weighted by atomic mass is 16.5. The fourth-order valence-corrected chi connectivity index (χ4v) is 1.16. The molecule has 0 spiro atoms. The van der Waals surface area contributed by atoms with E-state index in [0.717, 1.165) is 6.42 Å². The number of carbonyl (C=O) groups is 1. The van der Waals surface area contributed by atoms with Crippen molar-refractivity contribution in [2.45, 2.75) is 40.0 Å². The predicted octanol–water partition coefficient (Wildman–Crippen LogP) is 2.41. The average molecular weight is 246 g/mol. The first-order valence-corrected chi connectivity index (χ1v) is 6.48. The second kappa shape index (κ2) is 11.9. The van der Waals surface area contributed by atoms with Crippen LogP contribution in [0.5, 0.6) is 0 Å². The van der Waals surface area contributed by atoms with Gasteiger partial charge in [-0.15, -0.1) is 0 Å². The Bertz CT molecular complexity index is 180. The van der Waals surface area contributed by atoms with Crippen LogP contribution in [0, 0.1) is 5.92 Å². The van der Waals surface area contributed by atoms with Crippen molar-refractivity contribution in [2.75, 3.05) is 33.0 Å². The van der Waals surface area contributed by atoms with Gasteiger partial charge in [0.2, 0.25) is 0 Å². The minimum Gasteiger partial charge on any atom is -0.466 e.